The maximum Gasteiger partial charge on any atom is 0.312 e. The van der Waals surface area contributed by atoms with E-state index in [4.69, 9.17) is 10.5 Å². The third-order valence-corrected chi connectivity index (χ3v) is 4.48. The number of primary amides is 1. The van der Waals surface area contributed by atoms with Crippen LogP contribution >= 0.6 is 0 Å². The Kier molecular flexibility index (Phi) is 7.65. The number of carbonyl (C=O) groups is 2. The highest BCUT2D eigenvalue weighted by Crippen LogP contribution is 2.21. The van der Waals surface area contributed by atoms with Crippen LogP contribution in [-0.4, -0.2) is 61.6 Å². The number of unbranched alkanes of at least 4 members (excludes halogenated alkanes) is 1. The van der Waals surface area contributed by atoms with E-state index in [0.717, 1.165) is 31.5 Å². The van der Waals surface area contributed by atoms with E-state index in [9.17, 15) is 14.0 Å². The molecular weight excluding hydrogens is 339 g/mol. The quantitative estimate of drug-likeness (QED) is 0.679. The molecule has 0 spiro atoms. The molecule has 1 fully saturated rings. The fourth-order valence-electron chi connectivity index (χ4n) is 3.04. The maximum absolute atomic E-state index is 13.5. The largest absolute Gasteiger partial charge is 0.496 e. The Hall–Kier alpha value is -2.35. The summed E-state index contributed by atoms with van der Waals surface area (Å²) in [4.78, 5) is 26.9. The number of nitrogens with one attached hydrogen (secondary N) is 1. The predicted molar refractivity (Wildman–Crippen MR) is 96.2 cm³/mol. The monoisotopic (exact) mass is 366 g/mol. The van der Waals surface area contributed by atoms with Crippen LogP contribution < -0.4 is 15.8 Å². The van der Waals surface area contributed by atoms with E-state index in [1.54, 1.807) is 13.2 Å². The van der Waals surface area contributed by atoms with Gasteiger partial charge < -0.3 is 20.7 Å². The Morgan fingerprint density at radius 1 is 1.23 bits per heavy atom. The number of methoxy groups -OCH3 is 1. The zero-order valence-electron chi connectivity index (χ0n) is 15.2. The van der Waals surface area contributed by atoms with Gasteiger partial charge in [0.2, 0.25) is 5.91 Å². The second-order valence-electron chi connectivity index (χ2n) is 6.36. The SMILES string of the molecule is COc1ccc(F)cc1CN1CCN(C(=O)CCCCNC(N)=O)CC1. The van der Waals surface area contributed by atoms with Gasteiger partial charge in [0, 0.05) is 51.3 Å². The summed E-state index contributed by atoms with van der Waals surface area (Å²) in [6, 6.07) is 3.98. The highest BCUT2D eigenvalue weighted by Gasteiger charge is 2.21. The Morgan fingerprint density at radius 2 is 1.96 bits per heavy atom. The van der Waals surface area contributed by atoms with Gasteiger partial charge in [0.1, 0.15) is 11.6 Å². The van der Waals surface area contributed by atoms with E-state index in [2.05, 4.69) is 10.2 Å². The molecule has 1 aromatic carbocycles. The van der Waals surface area contributed by atoms with Crippen LogP contribution in [0.5, 0.6) is 5.75 Å². The van der Waals surface area contributed by atoms with E-state index in [1.165, 1.54) is 12.1 Å². The van der Waals surface area contributed by atoms with Gasteiger partial charge in [-0.15, -0.1) is 0 Å². The van der Waals surface area contributed by atoms with E-state index in [1.807, 2.05) is 4.90 Å². The van der Waals surface area contributed by atoms with Gasteiger partial charge in [-0.05, 0) is 31.0 Å². The molecule has 1 heterocycles. The summed E-state index contributed by atoms with van der Waals surface area (Å²) in [6.45, 7) is 3.91. The molecule has 0 aliphatic carbocycles. The van der Waals surface area contributed by atoms with Crippen LogP contribution in [0.1, 0.15) is 24.8 Å². The number of benzene rings is 1. The molecule has 8 heteroatoms. The molecule has 1 aromatic rings. The molecule has 0 unspecified atom stereocenters. The van der Waals surface area contributed by atoms with Crippen LogP contribution in [0, 0.1) is 5.82 Å². The van der Waals surface area contributed by atoms with Gasteiger partial charge in [-0.1, -0.05) is 0 Å². The summed E-state index contributed by atoms with van der Waals surface area (Å²) in [5, 5.41) is 2.51. The minimum Gasteiger partial charge on any atom is -0.496 e. The molecule has 2 rings (SSSR count). The number of amides is 3. The summed E-state index contributed by atoms with van der Waals surface area (Å²) in [5.74, 6) is 0.530. The first-order valence-electron chi connectivity index (χ1n) is 8.85. The number of hydrogen-bond acceptors (Lipinski definition) is 4. The zero-order valence-corrected chi connectivity index (χ0v) is 15.2. The van der Waals surface area contributed by atoms with Crippen LogP contribution in [0.25, 0.3) is 0 Å². The first kappa shape index (κ1) is 20.0. The normalized spacial score (nSPS) is 14.9. The minimum atomic E-state index is -0.539. The molecule has 1 saturated heterocycles. The molecule has 1 aliphatic heterocycles. The van der Waals surface area contributed by atoms with Crippen LogP contribution in [0.3, 0.4) is 0 Å². The van der Waals surface area contributed by atoms with Crippen LogP contribution in [0.4, 0.5) is 9.18 Å². The van der Waals surface area contributed by atoms with Gasteiger partial charge >= 0.3 is 6.03 Å². The molecule has 26 heavy (non-hydrogen) atoms. The molecule has 7 nitrogen and oxygen atoms in total. The molecule has 0 aromatic heterocycles. The molecule has 3 amide bonds. The van der Waals surface area contributed by atoms with Crippen molar-refractivity contribution in [2.45, 2.75) is 25.8 Å². The summed E-state index contributed by atoms with van der Waals surface area (Å²) in [7, 11) is 1.58. The summed E-state index contributed by atoms with van der Waals surface area (Å²) in [6.07, 6.45) is 1.92. The van der Waals surface area contributed by atoms with Crippen molar-refractivity contribution in [1.29, 1.82) is 0 Å². The number of hydrogen-bond donors (Lipinski definition) is 2. The van der Waals surface area contributed by atoms with Crippen molar-refractivity contribution in [3.8, 4) is 5.75 Å². The van der Waals surface area contributed by atoms with E-state index < -0.39 is 6.03 Å². The topological polar surface area (TPSA) is 87.9 Å². The number of carbonyl (C=O) groups excluding carboxylic acids is 2. The maximum atomic E-state index is 13.5. The minimum absolute atomic E-state index is 0.132. The second kappa shape index (κ2) is 9.96. The second-order valence-corrected chi connectivity index (χ2v) is 6.36. The Bertz CT molecular complexity index is 618. The van der Waals surface area contributed by atoms with Crippen LogP contribution in [-0.2, 0) is 11.3 Å². The molecule has 3 N–H and O–H groups in total. The van der Waals surface area contributed by atoms with E-state index in [-0.39, 0.29) is 11.7 Å². The van der Waals surface area contributed by atoms with Crippen molar-refractivity contribution in [2.75, 3.05) is 39.8 Å². The summed E-state index contributed by atoms with van der Waals surface area (Å²) < 4.78 is 18.8. The third-order valence-electron chi connectivity index (χ3n) is 4.48. The van der Waals surface area contributed by atoms with Gasteiger partial charge in [-0.3, -0.25) is 9.69 Å². The van der Waals surface area contributed by atoms with Crippen LogP contribution in [0.2, 0.25) is 0 Å². The van der Waals surface area contributed by atoms with Gasteiger partial charge in [0.25, 0.3) is 0 Å². The Labute approximate surface area is 153 Å². The smallest absolute Gasteiger partial charge is 0.312 e. The van der Waals surface area contributed by atoms with Crippen molar-refractivity contribution in [3.63, 3.8) is 0 Å². The van der Waals surface area contributed by atoms with Gasteiger partial charge in [0.05, 0.1) is 7.11 Å². The number of rotatable bonds is 8. The zero-order chi connectivity index (χ0) is 18.9. The summed E-state index contributed by atoms with van der Waals surface area (Å²) in [5.41, 5.74) is 5.80. The molecule has 0 saturated carbocycles. The number of urea groups is 1. The average Bonchev–Trinajstić information content (AvgIpc) is 2.62. The van der Waals surface area contributed by atoms with Gasteiger partial charge in [0.15, 0.2) is 0 Å². The van der Waals surface area contributed by atoms with Crippen molar-refractivity contribution >= 4 is 11.9 Å². The number of ether oxygens (including phenoxy) is 1. The average molecular weight is 366 g/mol. The number of halogens is 1. The third kappa shape index (κ3) is 6.18. The number of piperazine rings is 1. The highest BCUT2D eigenvalue weighted by atomic mass is 19.1. The fraction of sp³-hybridized carbons (Fsp3) is 0.556. The molecule has 0 bridgehead atoms. The fourth-order valence-corrected chi connectivity index (χ4v) is 3.04. The van der Waals surface area contributed by atoms with Gasteiger partial charge in [-0.2, -0.15) is 0 Å². The van der Waals surface area contributed by atoms with E-state index in [0.29, 0.717) is 38.3 Å². The first-order valence-corrected chi connectivity index (χ1v) is 8.85. The van der Waals surface area contributed by atoms with Crippen molar-refractivity contribution in [3.05, 3.63) is 29.6 Å². The number of nitrogens with zero attached hydrogens (tertiary/aromatic N) is 2. The Morgan fingerprint density at radius 3 is 2.62 bits per heavy atom. The predicted octanol–water partition coefficient (Wildman–Crippen LogP) is 1.32. The lowest BCUT2D eigenvalue weighted by Crippen LogP contribution is -2.48. The lowest BCUT2D eigenvalue weighted by molar-refractivity contribution is -0.133. The summed E-state index contributed by atoms with van der Waals surface area (Å²) >= 11 is 0. The molecule has 1 aliphatic rings. The van der Waals surface area contributed by atoms with Gasteiger partial charge in [-0.25, -0.2) is 9.18 Å². The molecule has 144 valence electrons. The highest BCUT2D eigenvalue weighted by molar-refractivity contribution is 5.76. The van der Waals surface area contributed by atoms with Crippen molar-refractivity contribution in [1.82, 2.24) is 15.1 Å². The molecule has 0 atom stereocenters. The van der Waals surface area contributed by atoms with Crippen molar-refractivity contribution in [2.24, 2.45) is 5.73 Å². The van der Waals surface area contributed by atoms with Crippen molar-refractivity contribution < 1.29 is 18.7 Å². The van der Waals surface area contributed by atoms with E-state index >= 15 is 0 Å². The lowest BCUT2D eigenvalue weighted by atomic mass is 10.1. The lowest BCUT2D eigenvalue weighted by Gasteiger charge is -2.35. The molecular formula is C18H27FN4O3. The standard InChI is InChI=1S/C18H27FN4O3/c1-26-16-6-5-15(19)12-14(16)13-22-8-10-23(11-9-22)17(24)4-2-3-7-21-18(20)25/h5-6,12H,2-4,7-11,13H2,1H3,(H3,20,21,25). The van der Waals surface area contributed by atoms with Crippen LogP contribution in [0.15, 0.2) is 18.2 Å². The Balaban J connectivity index is 1.72. The molecule has 0 radical (unpaired) electrons. The number of nitrogens with two attached hydrogens (primary N) is 1. The first-order chi connectivity index (χ1) is 12.5.